The van der Waals surface area contributed by atoms with Crippen molar-refractivity contribution in [2.75, 3.05) is 0 Å². The van der Waals surface area contributed by atoms with Crippen molar-refractivity contribution in [2.24, 2.45) is 0 Å². The molecule has 3 aromatic carbocycles. The first kappa shape index (κ1) is 16.3. The zero-order valence-electron chi connectivity index (χ0n) is 13.3. The van der Waals surface area contributed by atoms with E-state index < -0.39 is 0 Å². The van der Waals surface area contributed by atoms with E-state index in [0.717, 1.165) is 28.5 Å². The number of benzene rings is 3. The molecule has 24 heavy (non-hydrogen) atoms. The van der Waals surface area contributed by atoms with Crippen LogP contribution in [0.5, 0.6) is 5.75 Å². The molecule has 0 radical (unpaired) electrons. The highest BCUT2D eigenvalue weighted by Gasteiger charge is 2.11. The maximum atomic E-state index is 11.5. The van der Waals surface area contributed by atoms with E-state index in [2.05, 4.69) is 0 Å². The van der Waals surface area contributed by atoms with Crippen molar-refractivity contribution < 1.29 is 9.53 Å². The molecule has 0 saturated heterocycles. The highest BCUT2D eigenvalue weighted by atomic mass is 35.5. The largest absolute Gasteiger partial charge is 0.488 e. The summed E-state index contributed by atoms with van der Waals surface area (Å²) in [7, 11) is 0. The van der Waals surface area contributed by atoms with Gasteiger partial charge in [-0.3, -0.25) is 4.79 Å². The first-order chi connectivity index (χ1) is 11.7. The van der Waals surface area contributed by atoms with E-state index in [9.17, 15) is 4.79 Å². The van der Waals surface area contributed by atoms with Gasteiger partial charge in [0.25, 0.3) is 0 Å². The van der Waals surface area contributed by atoms with E-state index in [1.165, 1.54) is 0 Å². The summed E-state index contributed by atoms with van der Waals surface area (Å²) in [6, 6.07) is 21.3. The highest BCUT2D eigenvalue weighted by Crippen LogP contribution is 2.31. The van der Waals surface area contributed by atoms with Gasteiger partial charge < -0.3 is 4.74 Å². The van der Waals surface area contributed by atoms with Crippen molar-refractivity contribution in [1.82, 2.24) is 0 Å². The van der Waals surface area contributed by atoms with E-state index in [4.69, 9.17) is 16.3 Å². The van der Waals surface area contributed by atoms with Gasteiger partial charge in [-0.05, 0) is 53.4 Å². The van der Waals surface area contributed by atoms with Crippen LogP contribution in [0.2, 0.25) is 5.02 Å². The minimum atomic E-state index is 0.430. The standard InChI is InChI=1S/C21H17ClO2/c1-15-10-18(17-8-5-9-20(22)12-17)11-19(13-23)21(15)24-14-16-6-3-2-4-7-16/h2-13H,14H2,1H3. The van der Waals surface area contributed by atoms with E-state index in [-0.39, 0.29) is 0 Å². The molecule has 0 bridgehead atoms. The number of halogens is 1. The van der Waals surface area contributed by atoms with Gasteiger partial charge in [-0.25, -0.2) is 0 Å². The number of hydrogen-bond acceptors (Lipinski definition) is 2. The highest BCUT2D eigenvalue weighted by molar-refractivity contribution is 6.30. The van der Waals surface area contributed by atoms with Crippen molar-refractivity contribution in [2.45, 2.75) is 13.5 Å². The lowest BCUT2D eigenvalue weighted by atomic mass is 9.99. The van der Waals surface area contributed by atoms with Gasteiger partial charge in [-0.2, -0.15) is 0 Å². The molecule has 120 valence electrons. The van der Waals surface area contributed by atoms with Gasteiger partial charge in [0.05, 0.1) is 5.56 Å². The smallest absolute Gasteiger partial charge is 0.153 e. The zero-order chi connectivity index (χ0) is 16.9. The minimum absolute atomic E-state index is 0.430. The molecule has 0 N–H and O–H groups in total. The van der Waals surface area contributed by atoms with E-state index in [1.807, 2.05) is 73.7 Å². The fourth-order valence-corrected chi connectivity index (χ4v) is 2.84. The van der Waals surface area contributed by atoms with Crippen molar-refractivity contribution in [1.29, 1.82) is 0 Å². The Morgan fingerprint density at radius 3 is 2.46 bits per heavy atom. The topological polar surface area (TPSA) is 26.3 Å². The summed E-state index contributed by atoms with van der Waals surface area (Å²) in [6.45, 7) is 2.38. The molecular formula is C21H17ClO2. The van der Waals surface area contributed by atoms with Crippen LogP contribution in [-0.4, -0.2) is 6.29 Å². The number of hydrogen-bond donors (Lipinski definition) is 0. The number of aldehydes is 1. The first-order valence-corrected chi connectivity index (χ1v) is 8.07. The second-order valence-electron chi connectivity index (χ2n) is 5.61. The Balaban J connectivity index is 1.92. The third kappa shape index (κ3) is 3.66. The molecule has 0 aliphatic rings. The molecule has 0 aliphatic carbocycles. The predicted molar refractivity (Wildman–Crippen MR) is 97.8 cm³/mol. The minimum Gasteiger partial charge on any atom is -0.488 e. The van der Waals surface area contributed by atoms with E-state index in [1.54, 1.807) is 0 Å². The molecule has 0 heterocycles. The summed E-state index contributed by atoms with van der Waals surface area (Å²) in [6.07, 6.45) is 0.835. The Bertz CT molecular complexity index is 857. The van der Waals surface area contributed by atoms with Crippen LogP contribution in [0.25, 0.3) is 11.1 Å². The molecule has 0 unspecified atom stereocenters. The summed E-state index contributed by atoms with van der Waals surface area (Å²) >= 11 is 6.06. The van der Waals surface area contributed by atoms with Crippen LogP contribution in [0.3, 0.4) is 0 Å². The van der Waals surface area contributed by atoms with Crippen LogP contribution in [0.1, 0.15) is 21.5 Å². The van der Waals surface area contributed by atoms with Gasteiger partial charge in [0.1, 0.15) is 12.4 Å². The number of rotatable bonds is 5. The SMILES string of the molecule is Cc1cc(-c2cccc(Cl)c2)cc(C=O)c1OCc1ccccc1. The third-order valence-corrected chi connectivity index (χ3v) is 4.05. The Hall–Kier alpha value is -2.58. The molecule has 0 aromatic heterocycles. The molecule has 3 rings (SSSR count). The Labute approximate surface area is 146 Å². The molecule has 0 saturated carbocycles. The summed E-state index contributed by atoms with van der Waals surface area (Å²) in [5.41, 5.74) is 4.45. The molecule has 2 nitrogen and oxygen atoms in total. The maximum absolute atomic E-state index is 11.5. The normalized spacial score (nSPS) is 10.4. The van der Waals surface area contributed by atoms with Gasteiger partial charge in [0.2, 0.25) is 0 Å². The summed E-state index contributed by atoms with van der Waals surface area (Å²) in [5.74, 6) is 0.625. The molecule has 0 spiro atoms. The van der Waals surface area contributed by atoms with Crippen molar-refractivity contribution in [3.05, 3.63) is 88.4 Å². The number of carbonyl (C=O) groups is 1. The van der Waals surface area contributed by atoms with E-state index >= 15 is 0 Å². The fraction of sp³-hybridized carbons (Fsp3) is 0.0952. The van der Waals surface area contributed by atoms with Crippen LogP contribution in [-0.2, 0) is 6.61 Å². The van der Waals surface area contributed by atoms with Gasteiger partial charge in [-0.15, -0.1) is 0 Å². The van der Waals surface area contributed by atoms with Gasteiger partial charge in [-0.1, -0.05) is 54.1 Å². The number of carbonyl (C=O) groups excluding carboxylic acids is 1. The van der Waals surface area contributed by atoms with Gasteiger partial charge >= 0.3 is 0 Å². The van der Waals surface area contributed by atoms with Crippen LogP contribution < -0.4 is 4.74 Å². The molecule has 0 fully saturated rings. The predicted octanol–water partition coefficient (Wildman–Crippen LogP) is 5.71. The zero-order valence-corrected chi connectivity index (χ0v) is 14.1. The summed E-state index contributed by atoms with van der Waals surface area (Å²) in [5, 5.41) is 0.669. The van der Waals surface area contributed by atoms with Crippen LogP contribution >= 0.6 is 11.6 Å². The quantitative estimate of drug-likeness (QED) is 0.558. The second-order valence-corrected chi connectivity index (χ2v) is 6.05. The summed E-state index contributed by atoms with van der Waals surface area (Å²) < 4.78 is 5.90. The Morgan fingerprint density at radius 2 is 1.75 bits per heavy atom. The van der Waals surface area contributed by atoms with E-state index in [0.29, 0.717) is 22.9 Å². The number of ether oxygens (including phenoxy) is 1. The second kappa shape index (κ2) is 7.33. The first-order valence-electron chi connectivity index (χ1n) is 7.70. The lowest BCUT2D eigenvalue weighted by molar-refractivity contribution is 0.111. The van der Waals surface area contributed by atoms with Gasteiger partial charge in [0.15, 0.2) is 6.29 Å². The summed E-state index contributed by atoms with van der Waals surface area (Å²) in [4.78, 5) is 11.5. The molecule has 0 amide bonds. The monoisotopic (exact) mass is 336 g/mol. The van der Waals surface area contributed by atoms with Crippen molar-refractivity contribution in [3.63, 3.8) is 0 Å². The lowest BCUT2D eigenvalue weighted by Gasteiger charge is -2.14. The third-order valence-electron chi connectivity index (χ3n) is 3.81. The van der Waals surface area contributed by atoms with Crippen molar-refractivity contribution >= 4 is 17.9 Å². The Kier molecular flexibility index (Phi) is 4.97. The average Bonchev–Trinajstić information content (AvgIpc) is 2.61. The maximum Gasteiger partial charge on any atom is 0.153 e. The molecule has 3 heteroatoms. The fourth-order valence-electron chi connectivity index (χ4n) is 2.65. The van der Waals surface area contributed by atoms with Crippen LogP contribution in [0.15, 0.2) is 66.7 Å². The van der Waals surface area contributed by atoms with Crippen LogP contribution in [0, 0.1) is 6.92 Å². The van der Waals surface area contributed by atoms with Crippen molar-refractivity contribution in [3.8, 4) is 16.9 Å². The number of aryl methyl sites for hydroxylation is 1. The van der Waals surface area contributed by atoms with Crippen LogP contribution in [0.4, 0.5) is 0 Å². The molecular weight excluding hydrogens is 320 g/mol. The average molecular weight is 337 g/mol. The van der Waals surface area contributed by atoms with Gasteiger partial charge in [0, 0.05) is 5.02 Å². The molecule has 0 atom stereocenters. The lowest BCUT2D eigenvalue weighted by Crippen LogP contribution is -2.01. The molecule has 0 aliphatic heterocycles. The molecule has 3 aromatic rings. The Morgan fingerprint density at radius 1 is 0.958 bits per heavy atom.